The molecule has 0 unspecified atom stereocenters. The van der Waals surface area contributed by atoms with Gasteiger partial charge in [-0.1, -0.05) is 204 Å². The van der Waals surface area contributed by atoms with Gasteiger partial charge in [-0.15, -0.1) is 0 Å². The lowest BCUT2D eigenvalue weighted by Crippen LogP contribution is -2.64. The van der Waals surface area contributed by atoms with Crippen molar-refractivity contribution in [3.63, 3.8) is 0 Å². The summed E-state index contributed by atoms with van der Waals surface area (Å²) in [5, 5.41) is 7.04. The van der Waals surface area contributed by atoms with E-state index in [1.54, 1.807) is 0 Å². The van der Waals surface area contributed by atoms with Gasteiger partial charge < -0.3 is 80.5 Å². The van der Waals surface area contributed by atoms with E-state index in [1.807, 2.05) is 0 Å². The van der Waals surface area contributed by atoms with E-state index in [0.29, 0.717) is 78.0 Å². The molecule has 562 valence electrons. The van der Waals surface area contributed by atoms with Gasteiger partial charge in [-0.2, -0.15) is 0 Å². The van der Waals surface area contributed by atoms with Gasteiger partial charge in [0.25, 0.3) is 0 Å². The topological polar surface area (TPSA) is 157 Å². The molecule has 9 fully saturated rings. The normalized spacial score (nSPS) is 44.0. The Morgan fingerprint density at radius 1 is 0.396 bits per heavy atom. The average Bonchev–Trinajstić information content (AvgIpc) is 1.53. The van der Waals surface area contributed by atoms with Crippen LogP contribution in [0.1, 0.15) is 122 Å². The van der Waals surface area contributed by atoms with Gasteiger partial charge in [0.15, 0.2) is 18.4 Å². The van der Waals surface area contributed by atoms with Crippen molar-refractivity contribution in [3.05, 3.63) is 193 Å². The fourth-order valence-corrected chi connectivity index (χ4v) is 20.5. The second-order valence-corrected chi connectivity index (χ2v) is 33.0. The van der Waals surface area contributed by atoms with Crippen LogP contribution in [0.2, 0.25) is 0 Å². The van der Waals surface area contributed by atoms with Crippen LogP contribution in [0.25, 0.3) is 32.3 Å². The second kappa shape index (κ2) is 29.9. The quantitative estimate of drug-likeness (QED) is 0.126. The monoisotopic (exact) mass is 1440 g/mol. The Kier molecular flexibility index (Phi) is 20.0. The maximum Gasteiger partial charge on any atom is 0.187 e. The minimum absolute atomic E-state index is 0.0415. The van der Waals surface area contributed by atoms with Crippen LogP contribution >= 0.6 is 0 Å². The van der Waals surface area contributed by atoms with Gasteiger partial charge in [0.1, 0.15) is 60.5 Å². The van der Waals surface area contributed by atoms with E-state index in [0.717, 1.165) is 47.8 Å². The van der Waals surface area contributed by atoms with Crippen LogP contribution in [-0.4, -0.2) is 171 Å². The van der Waals surface area contributed by atoms with Crippen molar-refractivity contribution in [2.75, 3.05) is 13.2 Å². The lowest BCUT2D eigenvalue weighted by atomic mass is 9.76. The summed E-state index contributed by atoms with van der Waals surface area (Å²) in [6.07, 6.45) is 15.3. The molecule has 6 aromatic rings. The van der Waals surface area contributed by atoms with Gasteiger partial charge in [0, 0.05) is 37.5 Å². The molecule has 19 rings (SSSR count). The minimum atomic E-state index is -0.926. The van der Waals surface area contributed by atoms with Crippen molar-refractivity contribution >= 4 is 32.3 Å². The highest BCUT2D eigenvalue weighted by molar-refractivity contribution is 5.87. The van der Waals surface area contributed by atoms with Gasteiger partial charge in [-0.25, -0.2) is 0 Å². The summed E-state index contributed by atoms with van der Waals surface area (Å²) in [4.78, 5) is 0. The van der Waals surface area contributed by atoms with Crippen molar-refractivity contribution in [2.24, 2.45) is 23.7 Å². The molecule has 0 bridgehead atoms. The highest BCUT2D eigenvalue weighted by Gasteiger charge is 2.63. The number of hydrogen-bond acceptors (Lipinski definition) is 17. The zero-order valence-electron chi connectivity index (χ0n) is 61.7. The maximum absolute atomic E-state index is 7.77. The molecule has 106 heavy (non-hydrogen) atoms. The van der Waals surface area contributed by atoms with E-state index in [1.165, 1.54) is 26.9 Å². The Balaban J connectivity index is 0.581. The molecule has 6 aromatic carbocycles. The smallest absolute Gasteiger partial charge is 0.187 e. The fourth-order valence-electron chi connectivity index (χ4n) is 20.5. The summed E-state index contributed by atoms with van der Waals surface area (Å²) in [6, 6.07) is 44.8. The van der Waals surface area contributed by atoms with Gasteiger partial charge in [-0.05, 0) is 113 Å². The largest absolute Gasteiger partial charge is 0.370 e. The molecular weight excluding hydrogens is 1340 g/mol. The Hall–Kier alpha value is -5.62. The van der Waals surface area contributed by atoms with Crippen molar-refractivity contribution in [2.45, 2.75) is 283 Å². The van der Waals surface area contributed by atoms with Crippen LogP contribution in [-0.2, 0) is 100 Å². The molecule has 0 aliphatic carbocycles. The Bertz CT molecular complexity index is 4190. The summed E-state index contributed by atoms with van der Waals surface area (Å²) in [5.74, 6) is -0.673. The Morgan fingerprint density at radius 3 is 1.71 bits per heavy atom. The summed E-state index contributed by atoms with van der Waals surface area (Å²) in [6.45, 7) is 13.6. The molecular formula is C89H104O17. The lowest BCUT2D eigenvalue weighted by molar-refractivity contribution is -0.400. The van der Waals surface area contributed by atoms with Crippen molar-refractivity contribution < 1.29 is 80.5 Å². The molecule has 30 atom stereocenters. The van der Waals surface area contributed by atoms with Crippen molar-refractivity contribution in [3.8, 4) is 0 Å². The predicted molar refractivity (Wildman–Crippen MR) is 397 cm³/mol. The molecule has 17 heteroatoms. The van der Waals surface area contributed by atoms with E-state index in [4.69, 9.17) is 80.5 Å². The first kappa shape index (κ1) is 70.7. The van der Waals surface area contributed by atoms with E-state index < -0.39 is 78.9 Å². The van der Waals surface area contributed by atoms with Gasteiger partial charge in [0.2, 0.25) is 0 Å². The summed E-state index contributed by atoms with van der Waals surface area (Å²) in [5.41, 5.74) is 2.44. The highest BCUT2D eigenvalue weighted by Crippen LogP contribution is 2.53. The maximum atomic E-state index is 7.77. The standard InChI is InChI=1S/C89H104O17/c1-51-43-74-73(102-86-76(44-51)101-81-53(3)79(92-49-59-28-17-25-56-22-7-10-31-62(56)59)85-80(103-87(81)104-86)52(2)54(4)89(106-85)40-20-42-94-89)47-78-88(5,105-74)77(91-48-58-27-16-24-55-21-6-9-30-61(55)58)46-72-67(99-78)34-13-12-33-64-65(97-72)36-19-37-66-68(95-64)38-39-69-71(96-66)45-75-83(100-69)84(82-70(98-75)35-14-15-41-90-82)93-50-60-29-18-26-57-23-8-11-32-63(57)60/h6-19,21-32,36,38-39,51-54,64-87H,20,33-35,37,40-50H2,1-5H3/b13-12-,36-19-/t51-,52-,53-,54-,64+,65-,66+,67-,68-,69+,70-,71-,72+,73-,74+,75+,76-,77+,78+,79-,80+,81+,82-,83+,84+,85-,86+,87-,88-,89+/m0/s1. The molecule has 0 amide bonds. The molecule has 0 aromatic heterocycles. The number of benzene rings is 6. The minimum Gasteiger partial charge on any atom is -0.370 e. The van der Waals surface area contributed by atoms with Crippen LogP contribution in [0.15, 0.2) is 176 Å². The lowest BCUT2D eigenvalue weighted by Gasteiger charge is -2.53. The van der Waals surface area contributed by atoms with Gasteiger partial charge in [-0.3, -0.25) is 0 Å². The van der Waals surface area contributed by atoms with Crippen molar-refractivity contribution in [1.82, 2.24) is 0 Å². The van der Waals surface area contributed by atoms with E-state index in [9.17, 15) is 0 Å². The molecule has 9 saturated heterocycles. The van der Waals surface area contributed by atoms with Crippen LogP contribution in [0.4, 0.5) is 0 Å². The third-order valence-corrected chi connectivity index (χ3v) is 26.4. The predicted octanol–water partition coefficient (Wildman–Crippen LogP) is 14.8. The van der Waals surface area contributed by atoms with Gasteiger partial charge >= 0.3 is 0 Å². The molecule has 1 spiro atoms. The first-order valence-electron chi connectivity index (χ1n) is 40.0. The zero-order valence-corrected chi connectivity index (χ0v) is 61.7. The molecule has 13 aliphatic heterocycles. The summed E-state index contributed by atoms with van der Waals surface area (Å²) in [7, 11) is 0. The molecule has 0 N–H and O–H groups in total. The third kappa shape index (κ3) is 13.4. The fraction of sp³-hybridized carbons (Fsp3) is 0.573. The average molecular weight is 1450 g/mol. The highest BCUT2D eigenvalue weighted by atomic mass is 16.8. The number of fused-ring (bicyclic) bond motifs is 14. The van der Waals surface area contributed by atoms with Crippen LogP contribution in [0.3, 0.4) is 0 Å². The van der Waals surface area contributed by atoms with E-state index in [-0.39, 0.29) is 103 Å². The third-order valence-electron chi connectivity index (χ3n) is 26.4. The first-order chi connectivity index (χ1) is 51.9. The molecule has 13 aliphatic rings. The van der Waals surface area contributed by atoms with E-state index in [2.05, 4.69) is 211 Å². The van der Waals surface area contributed by atoms with Crippen LogP contribution in [0.5, 0.6) is 0 Å². The van der Waals surface area contributed by atoms with Crippen LogP contribution < -0.4 is 0 Å². The van der Waals surface area contributed by atoms with Gasteiger partial charge in [0.05, 0.1) is 112 Å². The SMILES string of the molecule is C[C@@H]1C[C@@H]2O[C@H]3[C@H](O[C@H]2O[C@H]2C[C@H]4O[C@H]5C/C=C\C[C@H]6O[C@H]7C=C[C@H]8O[C@H]9[C@H](OCc%10cccc%11ccccc%10%11)[C@H]%10OCC=CC[C@@H]%10O[C@@H]9C[C@@H]8O[C@@H]7C/C=C\[C@@H]6O[C@@H]5C[C@@H](OCc5cccc6ccccc56)[C@]4(C)O[C@@H]2C1)O[C@@H]1[C@@H](C)[C@H](C)[C@@]2(CCCO2)O[C@H]1[C@@H](OCc1cccc2ccccc12)[C@@H]3C. The summed E-state index contributed by atoms with van der Waals surface area (Å²) >= 11 is 0. The molecule has 13 heterocycles. The second-order valence-electron chi connectivity index (χ2n) is 33.0. The molecule has 17 nitrogen and oxygen atoms in total. The Labute approximate surface area is 622 Å². The Morgan fingerprint density at radius 2 is 0.991 bits per heavy atom. The van der Waals surface area contributed by atoms with Crippen molar-refractivity contribution in [1.29, 1.82) is 0 Å². The number of ether oxygens (including phenoxy) is 17. The summed E-state index contributed by atoms with van der Waals surface area (Å²) < 4.78 is 124. The molecule has 0 radical (unpaired) electrons. The zero-order chi connectivity index (χ0) is 71.2. The van der Waals surface area contributed by atoms with Crippen LogP contribution in [0, 0.1) is 23.7 Å². The first-order valence-corrected chi connectivity index (χ1v) is 40.0. The van der Waals surface area contributed by atoms with E-state index >= 15 is 0 Å². The number of hydrogen-bond donors (Lipinski definition) is 0. The molecule has 0 saturated carbocycles. The number of rotatable bonds is 9.